The molecule has 0 radical (unpaired) electrons. The maximum atomic E-state index is 13.5. The van der Waals surface area contributed by atoms with Crippen molar-refractivity contribution >= 4 is 11.0 Å². The molecule has 1 aliphatic carbocycles. The molecular weight excluding hydrogens is 346 g/mol. The molecule has 0 unspecified atom stereocenters. The van der Waals surface area contributed by atoms with Crippen LogP contribution in [-0.2, 0) is 26.1 Å². The number of nitrogens with zero attached hydrogens (tertiary/aromatic N) is 3. The number of hydrogen-bond acceptors (Lipinski definition) is 3. The molecule has 1 aromatic carbocycles. The average Bonchev–Trinajstić information content (AvgIpc) is 3.25. The van der Waals surface area contributed by atoms with Crippen LogP contribution in [0.25, 0.3) is 11.0 Å². The third-order valence-electron chi connectivity index (χ3n) is 6.46. The fourth-order valence-electron chi connectivity index (χ4n) is 5.02. The van der Waals surface area contributed by atoms with Gasteiger partial charge in [-0.25, -0.2) is 4.98 Å². The fourth-order valence-corrected chi connectivity index (χ4v) is 5.02. The minimum atomic E-state index is 0.186. The van der Waals surface area contributed by atoms with E-state index in [1.807, 2.05) is 16.8 Å². The standard InChI is InChI=1S/C24H27N3O/c28-24-22-17-26(15-18-7-2-1-3-8-18)14-12-20(22)21-11-6-13-25-23(21)27(24)16-19-9-4-5-10-19/h1-3,6-8,11,13,19H,4-5,9-10,12,14-17H2. The largest absolute Gasteiger partial charge is 0.294 e. The minimum absolute atomic E-state index is 0.186. The molecule has 0 saturated heterocycles. The van der Waals surface area contributed by atoms with E-state index in [2.05, 4.69) is 46.3 Å². The van der Waals surface area contributed by atoms with Crippen LogP contribution in [0, 0.1) is 5.92 Å². The zero-order valence-electron chi connectivity index (χ0n) is 16.3. The molecule has 3 heterocycles. The lowest BCUT2D eigenvalue weighted by Crippen LogP contribution is -2.37. The highest BCUT2D eigenvalue weighted by Crippen LogP contribution is 2.29. The smallest absolute Gasteiger partial charge is 0.257 e. The maximum absolute atomic E-state index is 13.5. The van der Waals surface area contributed by atoms with Gasteiger partial charge in [0.25, 0.3) is 5.56 Å². The van der Waals surface area contributed by atoms with E-state index in [0.717, 1.165) is 43.8 Å². The quantitative estimate of drug-likeness (QED) is 0.690. The molecule has 0 amide bonds. The molecule has 3 aromatic rings. The zero-order chi connectivity index (χ0) is 18.9. The molecule has 2 aromatic heterocycles. The van der Waals surface area contributed by atoms with Crippen LogP contribution < -0.4 is 5.56 Å². The lowest BCUT2D eigenvalue weighted by Gasteiger charge is -2.30. The summed E-state index contributed by atoms with van der Waals surface area (Å²) in [5.74, 6) is 0.616. The fraction of sp³-hybridized carbons (Fsp3) is 0.417. The molecule has 0 N–H and O–H groups in total. The van der Waals surface area contributed by atoms with E-state index in [-0.39, 0.29) is 5.56 Å². The van der Waals surface area contributed by atoms with E-state index in [9.17, 15) is 4.79 Å². The first-order valence-electron chi connectivity index (χ1n) is 10.5. The first kappa shape index (κ1) is 17.6. The van der Waals surface area contributed by atoms with Crippen LogP contribution >= 0.6 is 0 Å². The third kappa shape index (κ3) is 3.26. The van der Waals surface area contributed by atoms with Gasteiger partial charge in [-0.1, -0.05) is 43.2 Å². The summed E-state index contributed by atoms with van der Waals surface area (Å²) < 4.78 is 1.98. The summed E-state index contributed by atoms with van der Waals surface area (Å²) in [4.78, 5) is 20.5. The SMILES string of the molecule is O=c1c2c(c3cccnc3n1CC1CCCC1)CCN(Cc1ccccc1)C2. The number of aromatic nitrogens is 2. The highest BCUT2D eigenvalue weighted by Gasteiger charge is 2.25. The molecule has 28 heavy (non-hydrogen) atoms. The number of pyridine rings is 2. The number of hydrogen-bond donors (Lipinski definition) is 0. The Balaban J connectivity index is 1.53. The van der Waals surface area contributed by atoms with Crippen molar-refractivity contribution in [3.05, 3.63) is 75.7 Å². The van der Waals surface area contributed by atoms with E-state index in [0.29, 0.717) is 5.92 Å². The Bertz CT molecular complexity index is 1030. The average molecular weight is 374 g/mol. The van der Waals surface area contributed by atoms with Gasteiger partial charge in [-0.05, 0) is 48.4 Å². The van der Waals surface area contributed by atoms with E-state index in [1.54, 1.807) is 0 Å². The molecule has 1 fully saturated rings. The summed E-state index contributed by atoms with van der Waals surface area (Å²) in [6.07, 6.45) is 7.80. The van der Waals surface area contributed by atoms with Crippen LogP contribution in [0.2, 0.25) is 0 Å². The van der Waals surface area contributed by atoms with E-state index < -0.39 is 0 Å². The molecule has 1 aliphatic heterocycles. The van der Waals surface area contributed by atoms with E-state index in [4.69, 9.17) is 0 Å². The molecular formula is C24H27N3O. The Morgan fingerprint density at radius 2 is 1.82 bits per heavy atom. The van der Waals surface area contributed by atoms with Gasteiger partial charge in [0, 0.05) is 43.3 Å². The first-order valence-corrected chi connectivity index (χ1v) is 10.5. The minimum Gasteiger partial charge on any atom is -0.294 e. The van der Waals surface area contributed by atoms with Crippen LogP contribution in [0.1, 0.15) is 42.4 Å². The van der Waals surface area contributed by atoms with Gasteiger partial charge in [-0.3, -0.25) is 14.3 Å². The second-order valence-corrected chi connectivity index (χ2v) is 8.34. The summed E-state index contributed by atoms with van der Waals surface area (Å²) in [6, 6.07) is 14.7. The molecule has 144 valence electrons. The lowest BCUT2D eigenvalue weighted by atomic mass is 9.96. The van der Waals surface area contributed by atoms with Crippen LogP contribution in [0.4, 0.5) is 0 Å². The molecule has 0 spiro atoms. The van der Waals surface area contributed by atoms with Gasteiger partial charge in [0.05, 0.1) is 0 Å². The highest BCUT2D eigenvalue weighted by molar-refractivity contribution is 5.80. The van der Waals surface area contributed by atoms with Gasteiger partial charge in [0.15, 0.2) is 0 Å². The molecule has 1 saturated carbocycles. The molecule has 5 rings (SSSR count). The number of fused-ring (bicyclic) bond motifs is 3. The zero-order valence-corrected chi connectivity index (χ0v) is 16.3. The summed E-state index contributed by atoms with van der Waals surface area (Å²) in [5.41, 5.74) is 4.58. The second kappa shape index (κ2) is 7.51. The number of rotatable bonds is 4. The van der Waals surface area contributed by atoms with Crippen LogP contribution in [0.5, 0.6) is 0 Å². The van der Waals surface area contributed by atoms with Crippen LogP contribution in [0.15, 0.2) is 53.5 Å². The summed E-state index contributed by atoms with van der Waals surface area (Å²) >= 11 is 0. The van der Waals surface area contributed by atoms with Gasteiger partial charge >= 0.3 is 0 Å². The Morgan fingerprint density at radius 3 is 2.64 bits per heavy atom. The van der Waals surface area contributed by atoms with Gasteiger partial charge in [0.1, 0.15) is 5.65 Å². The summed E-state index contributed by atoms with van der Waals surface area (Å²) in [7, 11) is 0. The monoisotopic (exact) mass is 373 g/mol. The van der Waals surface area contributed by atoms with Crippen molar-refractivity contribution in [3.63, 3.8) is 0 Å². The van der Waals surface area contributed by atoms with Crippen LogP contribution in [0.3, 0.4) is 0 Å². The Labute approximate surface area is 165 Å². The molecule has 4 heteroatoms. The van der Waals surface area contributed by atoms with E-state index >= 15 is 0 Å². The summed E-state index contributed by atoms with van der Waals surface area (Å²) in [5, 5.41) is 1.18. The maximum Gasteiger partial charge on any atom is 0.257 e. The van der Waals surface area contributed by atoms with Crippen molar-refractivity contribution in [2.75, 3.05) is 6.54 Å². The highest BCUT2D eigenvalue weighted by atomic mass is 16.1. The van der Waals surface area contributed by atoms with Gasteiger partial charge in [-0.15, -0.1) is 0 Å². The van der Waals surface area contributed by atoms with Gasteiger partial charge < -0.3 is 0 Å². The Hall–Kier alpha value is -2.46. The molecule has 2 aliphatic rings. The van der Waals surface area contributed by atoms with Gasteiger partial charge in [0.2, 0.25) is 0 Å². The van der Waals surface area contributed by atoms with Crippen molar-refractivity contribution < 1.29 is 0 Å². The Morgan fingerprint density at radius 1 is 1.00 bits per heavy atom. The molecule has 0 bridgehead atoms. The normalized spacial score (nSPS) is 17.9. The Kier molecular flexibility index (Phi) is 4.73. The van der Waals surface area contributed by atoms with Crippen molar-refractivity contribution in [2.45, 2.75) is 51.7 Å². The predicted molar refractivity (Wildman–Crippen MR) is 112 cm³/mol. The molecule has 4 nitrogen and oxygen atoms in total. The van der Waals surface area contributed by atoms with Crippen molar-refractivity contribution in [3.8, 4) is 0 Å². The second-order valence-electron chi connectivity index (χ2n) is 8.34. The van der Waals surface area contributed by atoms with Crippen LogP contribution in [-0.4, -0.2) is 21.0 Å². The predicted octanol–water partition coefficient (Wildman–Crippen LogP) is 4.15. The first-order chi connectivity index (χ1) is 13.8. The van der Waals surface area contributed by atoms with Crippen molar-refractivity contribution in [1.82, 2.24) is 14.5 Å². The van der Waals surface area contributed by atoms with Crippen molar-refractivity contribution in [2.24, 2.45) is 5.92 Å². The number of benzene rings is 1. The van der Waals surface area contributed by atoms with Crippen molar-refractivity contribution in [1.29, 1.82) is 0 Å². The molecule has 0 atom stereocenters. The third-order valence-corrected chi connectivity index (χ3v) is 6.46. The summed E-state index contributed by atoms with van der Waals surface area (Å²) in [6.45, 7) is 3.43. The van der Waals surface area contributed by atoms with E-state index in [1.165, 1.54) is 42.2 Å². The van der Waals surface area contributed by atoms with Gasteiger partial charge in [-0.2, -0.15) is 0 Å². The lowest BCUT2D eigenvalue weighted by molar-refractivity contribution is 0.244. The topological polar surface area (TPSA) is 38.1 Å².